The minimum atomic E-state index is -4.35. The third kappa shape index (κ3) is 2.85. The normalized spacial score (nSPS) is 19.7. The molecule has 1 aliphatic heterocycles. The molecule has 0 atom stereocenters. The Morgan fingerprint density at radius 3 is 2.39 bits per heavy atom. The Kier molecular flexibility index (Phi) is 3.66. The van der Waals surface area contributed by atoms with E-state index in [1.807, 2.05) is 0 Å². The lowest BCUT2D eigenvalue weighted by Crippen LogP contribution is -2.37. The molecule has 6 heteroatoms. The average molecular weight is 261 g/mol. The lowest BCUT2D eigenvalue weighted by molar-refractivity contribution is -0.141. The molecule has 0 amide bonds. The summed E-state index contributed by atoms with van der Waals surface area (Å²) in [6.45, 7) is 6.14. The van der Waals surface area contributed by atoms with Crippen molar-refractivity contribution in [3.8, 4) is 0 Å². The topological polar surface area (TPSA) is 31.9 Å². The maximum atomic E-state index is 12.4. The molecule has 18 heavy (non-hydrogen) atoms. The predicted octanol–water partition coefficient (Wildman–Crippen LogP) is 3.02. The van der Waals surface area contributed by atoms with Crippen LogP contribution >= 0.6 is 0 Å². The van der Waals surface area contributed by atoms with Gasteiger partial charge in [0.1, 0.15) is 0 Å². The quantitative estimate of drug-likeness (QED) is 0.887. The second kappa shape index (κ2) is 4.91. The van der Waals surface area contributed by atoms with Crippen molar-refractivity contribution in [3.63, 3.8) is 0 Å². The van der Waals surface area contributed by atoms with Gasteiger partial charge in [-0.2, -0.15) is 18.3 Å². The second-order valence-corrected chi connectivity index (χ2v) is 5.11. The van der Waals surface area contributed by atoms with Crippen LogP contribution in [0.3, 0.4) is 0 Å². The molecule has 1 aliphatic rings. The fourth-order valence-corrected chi connectivity index (χ4v) is 2.42. The van der Waals surface area contributed by atoms with E-state index in [-0.39, 0.29) is 5.92 Å². The summed E-state index contributed by atoms with van der Waals surface area (Å²) in [5.41, 5.74) is -0.200. The summed E-state index contributed by atoms with van der Waals surface area (Å²) in [5.74, 6) is 0.170. The number of rotatable bonds is 2. The maximum absolute atomic E-state index is 12.4. The summed E-state index contributed by atoms with van der Waals surface area (Å²) in [7, 11) is 0. The second-order valence-electron chi connectivity index (χ2n) is 5.11. The zero-order chi connectivity index (χ0) is 13.3. The highest BCUT2D eigenvalue weighted by Gasteiger charge is 2.35. The standard InChI is InChI=1S/C12H18F3N3/c1-8(2)18-5-3-9(4-6-18)10-7-11(17-16-10)12(13,14)15/h7-9H,3-6H2,1-2H3,(H,16,17). The summed E-state index contributed by atoms with van der Waals surface area (Å²) in [6, 6.07) is 1.65. The van der Waals surface area contributed by atoms with Crippen LogP contribution in [0.1, 0.15) is 44.0 Å². The molecule has 1 N–H and O–H groups in total. The molecular formula is C12H18F3N3. The van der Waals surface area contributed by atoms with Crippen molar-refractivity contribution < 1.29 is 13.2 Å². The molecule has 0 spiro atoms. The first kappa shape index (κ1) is 13.4. The number of hydrogen-bond acceptors (Lipinski definition) is 2. The molecule has 1 saturated heterocycles. The van der Waals surface area contributed by atoms with Crippen LogP contribution in [0.2, 0.25) is 0 Å². The molecular weight excluding hydrogens is 243 g/mol. The van der Waals surface area contributed by atoms with Crippen molar-refractivity contribution in [2.24, 2.45) is 0 Å². The minimum absolute atomic E-state index is 0.170. The highest BCUT2D eigenvalue weighted by atomic mass is 19.4. The van der Waals surface area contributed by atoms with Gasteiger partial charge in [-0.1, -0.05) is 0 Å². The molecule has 1 aromatic heterocycles. The number of halogens is 3. The van der Waals surface area contributed by atoms with Crippen LogP contribution in [0.5, 0.6) is 0 Å². The molecule has 0 radical (unpaired) electrons. The van der Waals surface area contributed by atoms with Gasteiger partial charge in [0, 0.05) is 17.7 Å². The van der Waals surface area contributed by atoms with Crippen LogP contribution in [0.4, 0.5) is 13.2 Å². The smallest absolute Gasteiger partial charge is 0.301 e. The number of likely N-dealkylation sites (tertiary alicyclic amines) is 1. The van der Waals surface area contributed by atoms with Crippen molar-refractivity contribution in [1.29, 1.82) is 0 Å². The van der Waals surface area contributed by atoms with Crippen LogP contribution in [0.15, 0.2) is 6.07 Å². The van der Waals surface area contributed by atoms with Crippen LogP contribution in [-0.2, 0) is 6.18 Å². The van der Waals surface area contributed by atoms with Crippen LogP contribution < -0.4 is 0 Å². The number of nitrogens with one attached hydrogen (secondary N) is 1. The highest BCUT2D eigenvalue weighted by molar-refractivity contribution is 5.16. The van der Waals surface area contributed by atoms with Crippen molar-refractivity contribution in [2.45, 2.75) is 44.8 Å². The van der Waals surface area contributed by atoms with Crippen molar-refractivity contribution >= 4 is 0 Å². The molecule has 1 fully saturated rings. The van der Waals surface area contributed by atoms with E-state index in [0.29, 0.717) is 11.7 Å². The van der Waals surface area contributed by atoms with Gasteiger partial charge in [-0.05, 0) is 45.8 Å². The SMILES string of the molecule is CC(C)N1CCC(c2cc(C(F)(F)F)n[nH]2)CC1. The number of nitrogens with zero attached hydrogens (tertiary/aromatic N) is 2. The Hall–Kier alpha value is -1.04. The van der Waals surface area contributed by atoms with Crippen molar-refractivity contribution in [1.82, 2.24) is 15.1 Å². The summed E-state index contributed by atoms with van der Waals surface area (Å²) in [6.07, 6.45) is -2.58. The van der Waals surface area contributed by atoms with Gasteiger partial charge in [0.05, 0.1) is 0 Å². The molecule has 0 saturated carbocycles. The average Bonchev–Trinajstić information content (AvgIpc) is 2.78. The predicted molar refractivity (Wildman–Crippen MR) is 62.3 cm³/mol. The number of H-pyrrole nitrogens is 1. The Morgan fingerprint density at radius 2 is 1.94 bits per heavy atom. The minimum Gasteiger partial charge on any atom is -0.301 e. The monoisotopic (exact) mass is 261 g/mol. The Labute approximate surface area is 104 Å². The van der Waals surface area contributed by atoms with Gasteiger partial charge < -0.3 is 4.90 Å². The lowest BCUT2D eigenvalue weighted by atomic mass is 9.93. The molecule has 2 heterocycles. The molecule has 0 unspecified atom stereocenters. The number of alkyl halides is 3. The molecule has 1 aromatic rings. The largest absolute Gasteiger partial charge is 0.435 e. The molecule has 0 aromatic carbocycles. The first-order valence-electron chi connectivity index (χ1n) is 6.24. The molecule has 102 valence electrons. The first-order chi connectivity index (χ1) is 8.38. The van der Waals surface area contributed by atoms with Gasteiger partial charge in [0.25, 0.3) is 0 Å². The van der Waals surface area contributed by atoms with Crippen molar-refractivity contribution in [3.05, 3.63) is 17.5 Å². The summed E-state index contributed by atoms with van der Waals surface area (Å²) in [5, 5.41) is 5.89. The van der Waals surface area contributed by atoms with E-state index >= 15 is 0 Å². The third-order valence-electron chi connectivity index (χ3n) is 3.59. The first-order valence-corrected chi connectivity index (χ1v) is 6.24. The Morgan fingerprint density at radius 1 is 1.33 bits per heavy atom. The maximum Gasteiger partial charge on any atom is 0.435 e. The summed E-state index contributed by atoms with van der Waals surface area (Å²) in [4.78, 5) is 2.34. The van der Waals surface area contributed by atoms with Crippen molar-refractivity contribution in [2.75, 3.05) is 13.1 Å². The van der Waals surface area contributed by atoms with Gasteiger partial charge in [0.15, 0.2) is 5.69 Å². The van der Waals surface area contributed by atoms with E-state index in [0.717, 1.165) is 32.0 Å². The van der Waals surface area contributed by atoms with E-state index in [2.05, 4.69) is 28.9 Å². The van der Waals surface area contributed by atoms with Crippen LogP contribution in [-0.4, -0.2) is 34.2 Å². The molecule has 2 rings (SSSR count). The number of aromatic nitrogens is 2. The molecule has 0 bridgehead atoms. The summed E-state index contributed by atoms with van der Waals surface area (Å²) < 4.78 is 37.3. The van der Waals surface area contributed by atoms with Crippen LogP contribution in [0.25, 0.3) is 0 Å². The van der Waals surface area contributed by atoms with Gasteiger partial charge in [0.2, 0.25) is 0 Å². The van der Waals surface area contributed by atoms with Gasteiger partial charge >= 0.3 is 6.18 Å². The fourth-order valence-electron chi connectivity index (χ4n) is 2.42. The Balaban J connectivity index is 2.00. The third-order valence-corrected chi connectivity index (χ3v) is 3.59. The number of hydrogen-bond donors (Lipinski definition) is 1. The number of piperidine rings is 1. The van der Waals surface area contributed by atoms with Gasteiger partial charge in [-0.3, -0.25) is 5.10 Å². The van der Waals surface area contributed by atoms with E-state index in [1.165, 1.54) is 0 Å². The van der Waals surface area contributed by atoms with E-state index < -0.39 is 11.9 Å². The zero-order valence-corrected chi connectivity index (χ0v) is 10.6. The van der Waals surface area contributed by atoms with E-state index in [1.54, 1.807) is 0 Å². The zero-order valence-electron chi connectivity index (χ0n) is 10.6. The lowest BCUT2D eigenvalue weighted by Gasteiger charge is -2.34. The summed E-state index contributed by atoms with van der Waals surface area (Å²) >= 11 is 0. The molecule has 0 aliphatic carbocycles. The Bertz CT molecular complexity index is 390. The van der Waals surface area contributed by atoms with Gasteiger partial charge in [-0.15, -0.1) is 0 Å². The molecule has 3 nitrogen and oxygen atoms in total. The van der Waals surface area contributed by atoms with E-state index in [4.69, 9.17) is 0 Å². The van der Waals surface area contributed by atoms with E-state index in [9.17, 15) is 13.2 Å². The highest BCUT2D eigenvalue weighted by Crippen LogP contribution is 2.32. The number of aromatic amines is 1. The van der Waals surface area contributed by atoms with Gasteiger partial charge in [-0.25, -0.2) is 0 Å². The van der Waals surface area contributed by atoms with Crippen LogP contribution in [0, 0.1) is 0 Å². The fraction of sp³-hybridized carbons (Fsp3) is 0.750.